The Kier molecular flexibility index (Phi) is 7.92. The zero-order valence-electron chi connectivity index (χ0n) is 9.30. The van der Waals surface area contributed by atoms with Crippen LogP contribution in [0.1, 0.15) is 39.5 Å². The second kappa shape index (κ2) is 7.69. The van der Waals surface area contributed by atoms with Crippen molar-refractivity contribution < 1.29 is 19.1 Å². The number of aliphatic hydroxyl groups is 1. The molecule has 0 aromatic rings. The van der Waals surface area contributed by atoms with E-state index in [1.807, 2.05) is 0 Å². The van der Waals surface area contributed by atoms with Gasteiger partial charge in [0.15, 0.2) is 6.29 Å². The Morgan fingerprint density at radius 1 is 1.47 bits per heavy atom. The standard InChI is InChI=1S/C9H21O4PS/c1-3-9(10)13-14(11,12)8(2)6-4-5-7-15/h8-10,15H,3-7H2,1-2H3,(H,11,12). The highest BCUT2D eigenvalue weighted by atomic mass is 32.1. The van der Waals surface area contributed by atoms with E-state index in [2.05, 4.69) is 12.6 Å². The van der Waals surface area contributed by atoms with Crippen LogP contribution in [0.3, 0.4) is 0 Å². The highest BCUT2D eigenvalue weighted by molar-refractivity contribution is 7.80. The maximum absolute atomic E-state index is 11.6. The van der Waals surface area contributed by atoms with E-state index in [4.69, 9.17) is 9.63 Å². The molecule has 3 atom stereocenters. The van der Waals surface area contributed by atoms with Crippen LogP contribution in [0.4, 0.5) is 0 Å². The third-order valence-electron chi connectivity index (χ3n) is 2.21. The average Bonchev–Trinajstić information content (AvgIpc) is 2.17. The topological polar surface area (TPSA) is 66.8 Å². The molecule has 0 aromatic heterocycles. The Balaban J connectivity index is 4.02. The molecule has 0 aromatic carbocycles. The van der Waals surface area contributed by atoms with Gasteiger partial charge in [0.2, 0.25) is 0 Å². The number of hydrogen-bond acceptors (Lipinski definition) is 4. The second-order valence-electron chi connectivity index (χ2n) is 3.60. The first-order chi connectivity index (χ1) is 6.94. The molecule has 0 fully saturated rings. The third-order valence-corrected chi connectivity index (χ3v) is 4.44. The van der Waals surface area contributed by atoms with E-state index in [1.165, 1.54) is 0 Å². The fourth-order valence-electron chi connectivity index (χ4n) is 1.07. The van der Waals surface area contributed by atoms with Gasteiger partial charge in [0.05, 0.1) is 5.66 Å². The minimum absolute atomic E-state index is 0.313. The molecule has 2 N–H and O–H groups in total. The predicted molar refractivity (Wildman–Crippen MR) is 64.4 cm³/mol. The van der Waals surface area contributed by atoms with Crippen molar-refractivity contribution in [2.45, 2.75) is 51.5 Å². The minimum atomic E-state index is -3.67. The molecule has 0 saturated carbocycles. The number of hydrogen-bond donors (Lipinski definition) is 3. The smallest absolute Gasteiger partial charge is 0.333 e. The van der Waals surface area contributed by atoms with Gasteiger partial charge in [0.25, 0.3) is 0 Å². The van der Waals surface area contributed by atoms with Crippen LogP contribution in [0.15, 0.2) is 0 Å². The van der Waals surface area contributed by atoms with Gasteiger partial charge >= 0.3 is 7.60 Å². The van der Waals surface area contributed by atoms with E-state index in [0.29, 0.717) is 12.8 Å². The van der Waals surface area contributed by atoms with Crippen molar-refractivity contribution in [2.75, 3.05) is 5.75 Å². The van der Waals surface area contributed by atoms with Crippen LogP contribution >= 0.6 is 20.2 Å². The Bertz CT molecular complexity index is 212. The summed E-state index contributed by atoms with van der Waals surface area (Å²) < 4.78 is 16.4. The van der Waals surface area contributed by atoms with Crippen molar-refractivity contribution in [1.82, 2.24) is 0 Å². The van der Waals surface area contributed by atoms with Crippen LogP contribution in [0, 0.1) is 0 Å². The molecule has 0 aliphatic heterocycles. The summed E-state index contributed by atoms with van der Waals surface area (Å²) in [4.78, 5) is 9.54. The van der Waals surface area contributed by atoms with Gasteiger partial charge in [-0.1, -0.05) is 20.3 Å². The molecular weight excluding hydrogens is 235 g/mol. The monoisotopic (exact) mass is 256 g/mol. The SMILES string of the molecule is CCC(O)OP(=O)(O)C(C)CCCCS. The molecule has 3 unspecified atom stereocenters. The summed E-state index contributed by atoms with van der Waals surface area (Å²) in [5.41, 5.74) is -0.432. The van der Waals surface area contributed by atoms with Gasteiger partial charge in [0.1, 0.15) is 0 Å². The lowest BCUT2D eigenvalue weighted by molar-refractivity contribution is -0.0273. The van der Waals surface area contributed by atoms with Gasteiger partial charge in [-0.05, 0) is 25.0 Å². The highest BCUT2D eigenvalue weighted by Gasteiger charge is 2.30. The van der Waals surface area contributed by atoms with E-state index >= 15 is 0 Å². The van der Waals surface area contributed by atoms with E-state index in [0.717, 1.165) is 18.6 Å². The number of unbranched alkanes of at least 4 members (excludes halogenated alkanes) is 1. The highest BCUT2D eigenvalue weighted by Crippen LogP contribution is 2.50. The van der Waals surface area contributed by atoms with Gasteiger partial charge in [0, 0.05) is 0 Å². The van der Waals surface area contributed by atoms with Gasteiger partial charge < -0.3 is 10.00 Å². The summed E-state index contributed by atoms with van der Waals surface area (Å²) >= 11 is 4.06. The Labute approximate surface area is 97.0 Å². The zero-order chi connectivity index (χ0) is 11.9. The molecule has 0 radical (unpaired) electrons. The van der Waals surface area contributed by atoms with E-state index in [1.54, 1.807) is 13.8 Å². The third kappa shape index (κ3) is 6.59. The molecule has 0 bridgehead atoms. The van der Waals surface area contributed by atoms with Crippen LogP contribution in [0.2, 0.25) is 0 Å². The zero-order valence-corrected chi connectivity index (χ0v) is 11.1. The lowest BCUT2D eigenvalue weighted by atomic mass is 10.2. The Morgan fingerprint density at radius 2 is 2.07 bits per heavy atom. The lowest BCUT2D eigenvalue weighted by Gasteiger charge is -2.21. The molecule has 92 valence electrons. The number of rotatable bonds is 8. The summed E-state index contributed by atoms with van der Waals surface area (Å²) in [6.45, 7) is 3.36. The van der Waals surface area contributed by atoms with Crippen molar-refractivity contribution in [2.24, 2.45) is 0 Å². The normalized spacial score (nSPS) is 19.5. The van der Waals surface area contributed by atoms with Crippen LogP contribution in [0.25, 0.3) is 0 Å². The second-order valence-corrected chi connectivity index (χ2v) is 6.27. The van der Waals surface area contributed by atoms with Crippen LogP contribution in [-0.2, 0) is 9.09 Å². The maximum Gasteiger partial charge on any atom is 0.333 e. The fourth-order valence-corrected chi connectivity index (χ4v) is 2.51. The largest absolute Gasteiger partial charge is 0.368 e. The van der Waals surface area contributed by atoms with Crippen LogP contribution < -0.4 is 0 Å². The van der Waals surface area contributed by atoms with E-state index < -0.39 is 19.5 Å². The van der Waals surface area contributed by atoms with Crippen molar-refractivity contribution in [3.8, 4) is 0 Å². The van der Waals surface area contributed by atoms with Gasteiger partial charge in [-0.3, -0.25) is 9.09 Å². The van der Waals surface area contributed by atoms with Crippen LogP contribution in [-0.4, -0.2) is 27.7 Å². The van der Waals surface area contributed by atoms with Crippen molar-refractivity contribution in [1.29, 1.82) is 0 Å². The average molecular weight is 256 g/mol. The summed E-state index contributed by atoms with van der Waals surface area (Å²) in [5.74, 6) is 0.779. The van der Waals surface area contributed by atoms with Crippen molar-refractivity contribution in [3.05, 3.63) is 0 Å². The molecular formula is C9H21O4PS. The van der Waals surface area contributed by atoms with E-state index in [9.17, 15) is 9.46 Å². The minimum Gasteiger partial charge on any atom is -0.368 e. The number of aliphatic hydroxyl groups excluding tert-OH is 1. The lowest BCUT2D eigenvalue weighted by Crippen LogP contribution is -2.14. The summed E-state index contributed by atoms with van der Waals surface area (Å²) in [6.07, 6.45) is 1.55. The first-order valence-corrected chi connectivity index (χ1v) is 7.51. The molecule has 0 heterocycles. The maximum atomic E-state index is 11.6. The summed E-state index contributed by atoms with van der Waals surface area (Å²) in [5, 5.41) is 9.15. The quantitative estimate of drug-likeness (QED) is 0.270. The molecule has 4 nitrogen and oxygen atoms in total. The van der Waals surface area contributed by atoms with Crippen LogP contribution in [0.5, 0.6) is 0 Å². The predicted octanol–water partition coefficient (Wildman–Crippen LogP) is 2.41. The number of thiol groups is 1. The van der Waals surface area contributed by atoms with Gasteiger partial charge in [-0.15, -0.1) is 0 Å². The Hall–Kier alpha value is 0.460. The molecule has 0 aliphatic rings. The van der Waals surface area contributed by atoms with E-state index in [-0.39, 0.29) is 0 Å². The molecule has 15 heavy (non-hydrogen) atoms. The van der Waals surface area contributed by atoms with Crippen molar-refractivity contribution in [3.63, 3.8) is 0 Å². The summed E-state index contributed by atoms with van der Waals surface area (Å²) in [6, 6.07) is 0. The fraction of sp³-hybridized carbons (Fsp3) is 1.00. The molecule has 0 aliphatic carbocycles. The molecule has 0 rings (SSSR count). The van der Waals surface area contributed by atoms with Gasteiger partial charge in [-0.2, -0.15) is 12.6 Å². The molecule has 6 heteroatoms. The van der Waals surface area contributed by atoms with Gasteiger partial charge in [-0.25, -0.2) is 0 Å². The molecule has 0 spiro atoms. The molecule has 0 amide bonds. The van der Waals surface area contributed by atoms with Crippen molar-refractivity contribution >= 4 is 20.2 Å². The first-order valence-electron chi connectivity index (χ1n) is 5.23. The Morgan fingerprint density at radius 3 is 2.53 bits per heavy atom. The molecule has 0 saturated heterocycles. The summed E-state index contributed by atoms with van der Waals surface area (Å²) in [7, 11) is -3.67. The first kappa shape index (κ1) is 15.5.